The van der Waals surface area contributed by atoms with Crippen molar-refractivity contribution >= 4 is 17.8 Å². The summed E-state index contributed by atoms with van der Waals surface area (Å²) in [6, 6.07) is -2.52. The van der Waals surface area contributed by atoms with Crippen molar-refractivity contribution in [3.8, 4) is 0 Å². The zero-order valence-corrected chi connectivity index (χ0v) is 53.8. The van der Waals surface area contributed by atoms with Crippen LogP contribution in [-0.2, 0) is 42.8 Å². The molecule has 0 saturated carbocycles. The fourth-order valence-corrected chi connectivity index (χ4v) is 12.3. The Labute approximate surface area is 525 Å². The zero-order valence-electron chi connectivity index (χ0n) is 53.8. The number of unbranched alkanes of at least 4 members (excludes halogenated alkanes) is 32. The van der Waals surface area contributed by atoms with Crippen LogP contribution in [0.1, 0.15) is 258 Å². The first-order chi connectivity index (χ1) is 42.4. The van der Waals surface area contributed by atoms with Crippen molar-refractivity contribution in [2.24, 2.45) is 0 Å². The van der Waals surface area contributed by atoms with Gasteiger partial charge in [-0.3, -0.25) is 9.59 Å². The van der Waals surface area contributed by atoms with Crippen LogP contribution in [0.4, 0.5) is 0 Å². The third kappa shape index (κ3) is 29.4. The molecule has 3 rings (SSSR count). The fraction of sp³-hybridized carbons (Fsp3) is 0.954. The SMILES string of the molecule is CCCCCCCCCCCCCCCCCCCCCCCCC(O)C(COC1OC(CO)C(OC2OC(CO)C(O)C(OC3(C(=O)O)CC(O)C(NC(C)=O)C(C(O)C(O)CO)O3)C2O)C(O)C1O)NC(=O)CCCCCCCCCCCCCC. The molecule has 88 heavy (non-hydrogen) atoms. The average Bonchev–Trinajstić information content (AvgIpc) is 0.818. The standard InChI is InChI=1S/C65H122N2O21/c1-4-6-8-10-12-14-16-18-19-20-21-22-23-24-25-26-27-28-30-32-34-36-38-47(72)46(67-52(75)39-37-35-33-31-29-17-15-13-11-9-7-5-2)44-83-62-57(79)56(78)59(51(43-70)85-62)86-63-58(80)61(55(77)50(42-69)84-63)88-65(64(81)82)40-48(73)53(66-45(3)71)60(87-65)54(76)49(74)41-68/h46-51,53-63,68-70,72-74,76-80H,4-44H2,1-3H3,(H,66,71)(H,67,75)(H,81,82). The molecule has 14 N–H and O–H groups in total. The summed E-state index contributed by atoms with van der Waals surface area (Å²) in [7, 11) is 0. The minimum absolute atomic E-state index is 0.228. The first kappa shape index (κ1) is 80.0. The van der Waals surface area contributed by atoms with Crippen molar-refractivity contribution in [2.75, 3.05) is 26.4 Å². The maximum atomic E-state index is 13.4. The van der Waals surface area contributed by atoms with Gasteiger partial charge in [0.15, 0.2) is 12.6 Å². The molecule has 3 aliphatic heterocycles. The quantitative estimate of drug-likeness (QED) is 0.0323. The van der Waals surface area contributed by atoms with E-state index in [1.165, 1.54) is 154 Å². The summed E-state index contributed by atoms with van der Waals surface area (Å²) in [5.41, 5.74) is 0. The van der Waals surface area contributed by atoms with Crippen molar-refractivity contribution in [1.82, 2.24) is 10.6 Å². The Morgan fingerprint density at radius 2 is 0.989 bits per heavy atom. The second-order valence-electron chi connectivity index (χ2n) is 25.4. The molecular formula is C65H122N2O21. The molecule has 3 heterocycles. The number of ether oxygens (including phenoxy) is 6. The van der Waals surface area contributed by atoms with Crippen LogP contribution < -0.4 is 10.6 Å². The van der Waals surface area contributed by atoms with Gasteiger partial charge in [-0.2, -0.15) is 0 Å². The second kappa shape index (κ2) is 46.7. The summed E-state index contributed by atoms with van der Waals surface area (Å²) in [4.78, 5) is 38.5. The van der Waals surface area contributed by atoms with Gasteiger partial charge in [-0.1, -0.05) is 226 Å². The number of rotatable bonds is 52. The Hall–Kier alpha value is -2.27. The van der Waals surface area contributed by atoms with Gasteiger partial charge in [-0.15, -0.1) is 0 Å². The molecule has 0 aromatic carbocycles. The highest BCUT2D eigenvalue weighted by Gasteiger charge is 2.60. The number of hydrogen-bond donors (Lipinski definition) is 14. The fourth-order valence-electron chi connectivity index (χ4n) is 12.3. The molecule has 0 aromatic rings. The first-order valence-electron chi connectivity index (χ1n) is 34.4. The van der Waals surface area contributed by atoms with E-state index in [1.807, 2.05) is 0 Å². The van der Waals surface area contributed by atoms with Gasteiger partial charge < -0.3 is 100 Å². The van der Waals surface area contributed by atoms with Crippen molar-refractivity contribution in [3.63, 3.8) is 0 Å². The highest BCUT2D eigenvalue weighted by molar-refractivity contribution is 5.77. The summed E-state index contributed by atoms with van der Waals surface area (Å²) in [6.07, 6.45) is 12.6. The Morgan fingerprint density at radius 3 is 1.42 bits per heavy atom. The zero-order chi connectivity index (χ0) is 64.7. The number of aliphatic hydroxyl groups is 11. The van der Waals surface area contributed by atoms with Gasteiger partial charge in [0.2, 0.25) is 11.8 Å². The normalized spacial score (nSPS) is 28.9. The monoisotopic (exact) mass is 1270 g/mol. The molecule has 2 amide bonds. The molecule has 518 valence electrons. The number of aliphatic hydroxyl groups excluding tert-OH is 11. The molecule has 18 atom stereocenters. The van der Waals surface area contributed by atoms with E-state index in [4.69, 9.17) is 28.4 Å². The third-order valence-electron chi connectivity index (χ3n) is 17.8. The predicted octanol–water partition coefficient (Wildman–Crippen LogP) is 5.73. The minimum Gasteiger partial charge on any atom is -0.477 e. The number of hydrogen-bond acceptors (Lipinski definition) is 20. The van der Waals surface area contributed by atoms with E-state index >= 15 is 0 Å². The molecule has 0 aliphatic carbocycles. The topological polar surface area (TPSA) is 373 Å². The number of carbonyl (C=O) groups excluding carboxylic acids is 2. The van der Waals surface area contributed by atoms with E-state index in [0.717, 1.165) is 58.3 Å². The Morgan fingerprint density at radius 1 is 0.545 bits per heavy atom. The van der Waals surface area contributed by atoms with Gasteiger partial charge in [0.05, 0.1) is 50.7 Å². The van der Waals surface area contributed by atoms with Crippen molar-refractivity contribution in [1.29, 1.82) is 0 Å². The maximum absolute atomic E-state index is 13.4. The molecule has 0 aromatic heterocycles. The van der Waals surface area contributed by atoms with Gasteiger partial charge in [0.1, 0.15) is 67.1 Å². The summed E-state index contributed by atoms with van der Waals surface area (Å²) in [5, 5.41) is 136. The highest BCUT2D eigenvalue weighted by atomic mass is 16.8. The highest BCUT2D eigenvalue weighted by Crippen LogP contribution is 2.39. The van der Waals surface area contributed by atoms with Crippen LogP contribution in [0.5, 0.6) is 0 Å². The smallest absolute Gasteiger partial charge is 0.364 e. The Kier molecular flexibility index (Phi) is 42.5. The summed E-state index contributed by atoms with van der Waals surface area (Å²) >= 11 is 0. The summed E-state index contributed by atoms with van der Waals surface area (Å²) in [6.45, 7) is 2.21. The lowest BCUT2D eigenvalue weighted by Crippen LogP contribution is -2.70. The van der Waals surface area contributed by atoms with Crippen LogP contribution >= 0.6 is 0 Å². The molecule has 0 spiro atoms. The minimum atomic E-state index is -3.08. The molecule has 23 heteroatoms. The van der Waals surface area contributed by atoms with Crippen molar-refractivity contribution in [2.45, 2.75) is 368 Å². The molecule has 3 aliphatic rings. The maximum Gasteiger partial charge on any atom is 0.364 e. The van der Waals surface area contributed by atoms with E-state index in [-0.39, 0.29) is 18.9 Å². The van der Waals surface area contributed by atoms with E-state index < -0.39 is 148 Å². The largest absolute Gasteiger partial charge is 0.477 e. The van der Waals surface area contributed by atoms with Crippen LogP contribution in [0.25, 0.3) is 0 Å². The van der Waals surface area contributed by atoms with Crippen molar-refractivity contribution in [3.05, 3.63) is 0 Å². The average molecular weight is 1270 g/mol. The summed E-state index contributed by atoms with van der Waals surface area (Å²) < 4.78 is 34.8. The van der Waals surface area contributed by atoms with E-state index in [9.17, 15) is 75.7 Å². The Balaban J connectivity index is 1.58. The molecule has 0 bridgehead atoms. The van der Waals surface area contributed by atoms with Gasteiger partial charge >= 0.3 is 5.97 Å². The number of carbonyl (C=O) groups is 3. The van der Waals surface area contributed by atoms with Gasteiger partial charge in [-0.05, 0) is 12.8 Å². The van der Waals surface area contributed by atoms with Gasteiger partial charge in [0.25, 0.3) is 5.79 Å². The predicted molar refractivity (Wildman–Crippen MR) is 329 cm³/mol. The molecule has 23 nitrogen and oxygen atoms in total. The third-order valence-corrected chi connectivity index (χ3v) is 17.8. The molecule has 18 unspecified atom stereocenters. The van der Waals surface area contributed by atoms with Crippen molar-refractivity contribution < 1.29 is 104 Å². The van der Waals surface area contributed by atoms with E-state index in [1.54, 1.807) is 0 Å². The lowest BCUT2D eigenvalue weighted by Gasteiger charge is -2.50. The lowest BCUT2D eigenvalue weighted by atomic mass is 9.88. The molecular weight excluding hydrogens is 1140 g/mol. The van der Waals surface area contributed by atoms with Crippen LogP contribution in [0, 0.1) is 0 Å². The number of aliphatic carboxylic acids is 1. The van der Waals surface area contributed by atoms with Crippen LogP contribution in [0.15, 0.2) is 0 Å². The number of amides is 2. The number of nitrogens with one attached hydrogen (secondary N) is 2. The van der Waals surface area contributed by atoms with Crippen LogP contribution in [-0.4, -0.2) is 215 Å². The van der Waals surface area contributed by atoms with Gasteiger partial charge in [0, 0.05) is 19.8 Å². The molecule has 3 saturated heterocycles. The number of carboxylic acids is 1. The van der Waals surface area contributed by atoms with Crippen LogP contribution in [0.2, 0.25) is 0 Å². The summed E-state index contributed by atoms with van der Waals surface area (Å²) in [5.74, 6) is -6.09. The Bertz CT molecular complexity index is 1790. The van der Waals surface area contributed by atoms with Gasteiger partial charge in [-0.25, -0.2) is 4.79 Å². The van der Waals surface area contributed by atoms with E-state index in [2.05, 4.69) is 24.5 Å². The molecule has 3 fully saturated rings. The van der Waals surface area contributed by atoms with E-state index in [0.29, 0.717) is 19.3 Å². The second-order valence-corrected chi connectivity index (χ2v) is 25.4. The number of carboxylic acid groups (broad SMARTS) is 1. The first-order valence-corrected chi connectivity index (χ1v) is 34.4. The molecule has 0 radical (unpaired) electrons. The lowest BCUT2D eigenvalue weighted by molar-refractivity contribution is -0.386. The van der Waals surface area contributed by atoms with Crippen LogP contribution in [0.3, 0.4) is 0 Å².